The summed E-state index contributed by atoms with van der Waals surface area (Å²) in [5.41, 5.74) is 1.34. The first-order valence-electron chi connectivity index (χ1n) is 7.43. The largest absolute Gasteiger partial charge is 0.507 e. The van der Waals surface area contributed by atoms with Gasteiger partial charge in [-0.2, -0.15) is 10.1 Å². The van der Waals surface area contributed by atoms with Crippen molar-refractivity contribution >= 4 is 62.4 Å². The monoisotopic (exact) mass is 448 g/mol. The molecule has 2 aromatic rings. The second-order valence-corrected chi connectivity index (χ2v) is 7.72. The third-order valence-electron chi connectivity index (χ3n) is 3.50. The lowest BCUT2D eigenvalue weighted by atomic mass is 10.2. The van der Waals surface area contributed by atoms with E-state index >= 15 is 0 Å². The van der Waals surface area contributed by atoms with Crippen LogP contribution in [0, 0.1) is 0 Å². The summed E-state index contributed by atoms with van der Waals surface area (Å²) in [6.07, 6.45) is 3.16. The van der Waals surface area contributed by atoms with Gasteiger partial charge in [-0.3, -0.25) is 4.79 Å². The van der Waals surface area contributed by atoms with Gasteiger partial charge < -0.3 is 9.84 Å². The van der Waals surface area contributed by atoms with Crippen molar-refractivity contribution in [3.8, 4) is 11.5 Å². The summed E-state index contributed by atoms with van der Waals surface area (Å²) in [5.74, 6) is 0.487. The fraction of sp³-hybridized carbons (Fsp3) is 0.0556. The van der Waals surface area contributed by atoms with Crippen LogP contribution in [0.3, 0.4) is 0 Å². The summed E-state index contributed by atoms with van der Waals surface area (Å²) in [6, 6.07) is 12.2. The predicted octanol–water partition coefficient (Wildman–Crippen LogP) is 4.40. The van der Waals surface area contributed by atoms with Gasteiger partial charge in [0.15, 0.2) is 4.32 Å². The number of thioether (sulfide) groups is 1. The minimum atomic E-state index is -0.307. The van der Waals surface area contributed by atoms with Gasteiger partial charge in [0.1, 0.15) is 11.5 Å². The third-order valence-corrected chi connectivity index (χ3v) is 5.40. The molecule has 0 atom stereocenters. The first-order chi connectivity index (χ1) is 12.5. The molecule has 0 saturated carbocycles. The van der Waals surface area contributed by atoms with Gasteiger partial charge in [0.2, 0.25) is 0 Å². The highest BCUT2D eigenvalue weighted by molar-refractivity contribution is 9.10. The maximum absolute atomic E-state index is 12.6. The molecule has 2 aromatic carbocycles. The molecule has 1 aliphatic heterocycles. The Hall–Kier alpha value is -2.16. The molecule has 132 valence electrons. The Bertz CT molecular complexity index is 944. The molecule has 8 heteroatoms. The molecular formula is C18H13BrN2O3S2. The molecule has 0 bridgehead atoms. The van der Waals surface area contributed by atoms with Crippen LogP contribution < -0.4 is 4.74 Å². The first kappa shape index (κ1) is 18.6. The summed E-state index contributed by atoms with van der Waals surface area (Å²) in [6.45, 7) is 0. The van der Waals surface area contributed by atoms with Crippen LogP contribution in [-0.4, -0.2) is 33.7 Å². The molecule has 1 amide bonds. The van der Waals surface area contributed by atoms with Crippen molar-refractivity contribution in [2.24, 2.45) is 5.10 Å². The lowest BCUT2D eigenvalue weighted by molar-refractivity contribution is -0.122. The molecule has 1 heterocycles. The van der Waals surface area contributed by atoms with Crippen molar-refractivity contribution < 1.29 is 14.6 Å². The maximum Gasteiger partial charge on any atom is 0.286 e. The average Bonchev–Trinajstić information content (AvgIpc) is 2.88. The second-order valence-electron chi connectivity index (χ2n) is 5.19. The number of para-hydroxylation sites is 1. The first-order valence-corrected chi connectivity index (χ1v) is 9.45. The second kappa shape index (κ2) is 8.03. The van der Waals surface area contributed by atoms with Gasteiger partial charge in [-0.15, -0.1) is 0 Å². The van der Waals surface area contributed by atoms with Gasteiger partial charge in [-0.05, 0) is 64.1 Å². The van der Waals surface area contributed by atoms with Crippen molar-refractivity contribution in [1.29, 1.82) is 0 Å². The Morgan fingerprint density at radius 2 is 2.08 bits per heavy atom. The molecular weight excluding hydrogens is 436 g/mol. The fourth-order valence-electron chi connectivity index (χ4n) is 2.20. The van der Waals surface area contributed by atoms with Crippen LogP contribution in [0.2, 0.25) is 0 Å². The Balaban J connectivity index is 1.82. The number of halogens is 1. The van der Waals surface area contributed by atoms with Gasteiger partial charge in [0, 0.05) is 5.56 Å². The number of ether oxygens (including phenoxy) is 1. The Labute approximate surface area is 168 Å². The molecule has 1 N–H and O–H groups in total. The number of carbonyl (C=O) groups is 1. The van der Waals surface area contributed by atoms with Crippen LogP contribution >= 0.6 is 39.9 Å². The lowest BCUT2D eigenvalue weighted by Gasteiger charge is -2.06. The van der Waals surface area contributed by atoms with Crippen LogP contribution in [0.15, 0.2) is 56.9 Å². The van der Waals surface area contributed by atoms with Gasteiger partial charge in [-0.25, -0.2) is 0 Å². The molecule has 0 aliphatic carbocycles. The summed E-state index contributed by atoms with van der Waals surface area (Å²) < 4.78 is 6.33. The van der Waals surface area contributed by atoms with E-state index in [1.807, 2.05) is 18.2 Å². The van der Waals surface area contributed by atoms with Gasteiger partial charge >= 0.3 is 0 Å². The van der Waals surface area contributed by atoms with Gasteiger partial charge in [0.05, 0.1) is 22.7 Å². The zero-order valence-corrected chi connectivity index (χ0v) is 16.8. The van der Waals surface area contributed by atoms with E-state index < -0.39 is 0 Å². The number of benzene rings is 2. The summed E-state index contributed by atoms with van der Waals surface area (Å²) >= 11 is 9.85. The molecule has 1 aliphatic rings. The van der Waals surface area contributed by atoms with E-state index in [0.717, 1.165) is 15.0 Å². The van der Waals surface area contributed by atoms with E-state index in [4.69, 9.17) is 17.0 Å². The molecule has 5 nitrogen and oxygen atoms in total. The van der Waals surface area contributed by atoms with Crippen LogP contribution in [0.25, 0.3) is 6.08 Å². The summed E-state index contributed by atoms with van der Waals surface area (Å²) in [5, 5.41) is 15.0. The molecule has 0 aromatic heterocycles. The smallest absolute Gasteiger partial charge is 0.286 e. The number of phenolic OH excluding ortho intramolecular Hbond substituents is 1. The van der Waals surface area contributed by atoms with E-state index in [1.54, 1.807) is 37.5 Å². The zero-order chi connectivity index (χ0) is 18.7. The van der Waals surface area contributed by atoms with E-state index in [-0.39, 0.29) is 11.7 Å². The highest BCUT2D eigenvalue weighted by atomic mass is 79.9. The number of carbonyl (C=O) groups excluding carboxylic acids is 1. The number of thiocarbonyl (C=S) groups is 1. The molecule has 1 saturated heterocycles. The molecule has 1 fully saturated rings. The lowest BCUT2D eigenvalue weighted by Crippen LogP contribution is -2.22. The van der Waals surface area contributed by atoms with Crippen molar-refractivity contribution in [1.82, 2.24) is 5.01 Å². The van der Waals surface area contributed by atoms with Crippen molar-refractivity contribution in [2.45, 2.75) is 0 Å². The van der Waals surface area contributed by atoms with Crippen LogP contribution in [0.1, 0.15) is 11.1 Å². The molecule has 0 spiro atoms. The van der Waals surface area contributed by atoms with E-state index in [2.05, 4.69) is 21.0 Å². The maximum atomic E-state index is 12.6. The highest BCUT2D eigenvalue weighted by Crippen LogP contribution is 2.34. The van der Waals surface area contributed by atoms with Crippen molar-refractivity contribution in [3.05, 3.63) is 63.0 Å². The SMILES string of the molecule is COc1ccc(C=C2SC(=S)N(/N=C/c3ccccc3O)C2=O)cc1Br. The number of phenols is 1. The van der Waals surface area contributed by atoms with E-state index in [1.165, 1.54) is 18.0 Å². The predicted molar refractivity (Wildman–Crippen MR) is 111 cm³/mol. The topological polar surface area (TPSA) is 62.1 Å². The standard InChI is InChI=1S/C18H13BrN2O3S2/c1-24-15-7-6-11(8-13(15)19)9-16-17(23)21(18(25)26-16)20-10-12-4-2-3-5-14(12)22/h2-10,22H,1H3/b16-9?,20-10+. The van der Waals surface area contributed by atoms with Gasteiger partial charge in [0.25, 0.3) is 5.91 Å². The molecule has 0 unspecified atom stereocenters. The number of nitrogens with zero attached hydrogens (tertiary/aromatic N) is 2. The number of hydrazone groups is 1. The number of aromatic hydroxyl groups is 1. The van der Waals surface area contributed by atoms with Crippen molar-refractivity contribution in [3.63, 3.8) is 0 Å². The minimum Gasteiger partial charge on any atom is -0.507 e. The fourth-order valence-corrected chi connectivity index (χ4v) is 3.93. The van der Waals surface area contributed by atoms with E-state index in [9.17, 15) is 9.90 Å². The zero-order valence-electron chi connectivity index (χ0n) is 13.5. The van der Waals surface area contributed by atoms with Gasteiger partial charge in [-0.1, -0.05) is 30.0 Å². The third kappa shape index (κ3) is 3.98. The highest BCUT2D eigenvalue weighted by Gasteiger charge is 2.32. The molecule has 26 heavy (non-hydrogen) atoms. The Morgan fingerprint density at radius 1 is 1.31 bits per heavy atom. The number of amides is 1. The van der Waals surface area contributed by atoms with Crippen LogP contribution in [-0.2, 0) is 4.79 Å². The summed E-state index contributed by atoms with van der Waals surface area (Å²) in [4.78, 5) is 13.0. The summed E-state index contributed by atoms with van der Waals surface area (Å²) in [7, 11) is 1.59. The van der Waals surface area contributed by atoms with Crippen LogP contribution in [0.4, 0.5) is 0 Å². The number of rotatable bonds is 4. The van der Waals surface area contributed by atoms with Crippen LogP contribution in [0.5, 0.6) is 11.5 Å². The average molecular weight is 449 g/mol. The quantitative estimate of drug-likeness (QED) is 0.426. The number of hydrogen-bond donors (Lipinski definition) is 1. The normalized spacial score (nSPS) is 16.1. The molecule has 0 radical (unpaired) electrons. The van der Waals surface area contributed by atoms with Crippen molar-refractivity contribution in [2.75, 3.05) is 7.11 Å². The number of hydrogen-bond acceptors (Lipinski definition) is 6. The van der Waals surface area contributed by atoms with E-state index in [0.29, 0.717) is 20.5 Å². The Morgan fingerprint density at radius 3 is 2.77 bits per heavy atom. The Kier molecular flexibility index (Phi) is 5.75. The molecule has 3 rings (SSSR count). The number of methoxy groups -OCH3 is 1. The minimum absolute atomic E-state index is 0.0836.